The van der Waals surface area contributed by atoms with Gasteiger partial charge in [0.2, 0.25) is 11.7 Å². The number of aromatic nitrogens is 2. The highest BCUT2D eigenvalue weighted by Crippen LogP contribution is 2.22. The summed E-state index contributed by atoms with van der Waals surface area (Å²) >= 11 is 3.07. The Hall–Kier alpha value is -2.69. The number of urea groups is 1. The third kappa shape index (κ3) is 4.94. The standard InChI is InChI=1S/C16H18BrFN6O3/c17-11-8-10(6-7-12(11)18)19-14(22-26)13-15(24-27-23-13)21-16(25)20-9-4-2-1-3-5-9/h6-9,26H,1-5H2,(H,19,22)(H2,20,21,24,25). The lowest BCUT2D eigenvalue weighted by Gasteiger charge is -2.22. The van der Waals surface area contributed by atoms with Crippen LogP contribution in [0.2, 0.25) is 0 Å². The minimum atomic E-state index is -0.444. The molecule has 2 amide bonds. The van der Waals surface area contributed by atoms with E-state index in [9.17, 15) is 14.4 Å². The fourth-order valence-electron chi connectivity index (χ4n) is 2.84. The molecule has 3 rings (SSSR count). The van der Waals surface area contributed by atoms with E-state index in [1.54, 1.807) is 0 Å². The molecule has 4 N–H and O–H groups in total. The van der Waals surface area contributed by atoms with E-state index in [2.05, 4.69) is 52.0 Å². The van der Waals surface area contributed by atoms with Crippen molar-refractivity contribution < 1.29 is 19.0 Å². The normalized spacial score (nSPS) is 15.4. The van der Waals surface area contributed by atoms with Gasteiger partial charge in [-0.2, -0.15) is 0 Å². The Morgan fingerprint density at radius 2 is 2.04 bits per heavy atom. The molecule has 1 aromatic carbocycles. The SMILES string of the molecule is O=C(Nc1nonc1/C(=N/O)Nc1ccc(F)c(Br)c1)NC1CCCCC1. The van der Waals surface area contributed by atoms with Crippen LogP contribution in [0.3, 0.4) is 0 Å². The molecule has 1 saturated carbocycles. The predicted octanol–water partition coefficient (Wildman–Crippen LogP) is 3.67. The molecular weight excluding hydrogens is 423 g/mol. The van der Waals surface area contributed by atoms with Crippen LogP contribution in [0.25, 0.3) is 0 Å². The molecule has 1 aliphatic carbocycles. The summed E-state index contributed by atoms with van der Waals surface area (Å²) in [5.41, 5.74) is 0.424. The maximum Gasteiger partial charge on any atom is 0.320 e. The van der Waals surface area contributed by atoms with Crippen molar-refractivity contribution in [1.29, 1.82) is 0 Å². The molecule has 0 atom stereocenters. The molecule has 0 saturated heterocycles. The molecule has 11 heteroatoms. The minimum absolute atomic E-state index is 0.00302. The number of hydrogen-bond acceptors (Lipinski definition) is 6. The topological polar surface area (TPSA) is 125 Å². The molecule has 1 aromatic heterocycles. The molecule has 0 bridgehead atoms. The van der Waals surface area contributed by atoms with Gasteiger partial charge in [0.1, 0.15) is 5.82 Å². The summed E-state index contributed by atoms with van der Waals surface area (Å²) in [6.45, 7) is 0. The smallest absolute Gasteiger partial charge is 0.320 e. The second-order valence-corrected chi connectivity index (χ2v) is 6.95. The highest BCUT2D eigenvalue weighted by Gasteiger charge is 2.22. The highest BCUT2D eigenvalue weighted by atomic mass is 79.9. The second kappa shape index (κ2) is 8.80. The number of carbonyl (C=O) groups excluding carboxylic acids is 1. The van der Waals surface area contributed by atoms with Crippen molar-refractivity contribution in [3.05, 3.63) is 34.2 Å². The van der Waals surface area contributed by atoms with Crippen molar-refractivity contribution in [1.82, 2.24) is 15.6 Å². The van der Waals surface area contributed by atoms with Crippen LogP contribution < -0.4 is 16.0 Å². The first kappa shape index (κ1) is 19.1. The summed E-state index contributed by atoms with van der Waals surface area (Å²) in [4.78, 5) is 12.2. The van der Waals surface area contributed by atoms with Gasteiger partial charge in [-0.3, -0.25) is 5.32 Å². The van der Waals surface area contributed by atoms with Gasteiger partial charge in [-0.15, -0.1) is 0 Å². The summed E-state index contributed by atoms with van der Waals surface area (Å²) in [7, 11) is 0. The lowest BCUT2D eigenvalue weighted by molar-refractivity contribution is 0.243. The van der Waals surface area contributed by atoms with E-state index >= 15 is 0 Å². The lowest BCUT2D eigenvalue weighted by atomic mass is 9.96. The van der Waals surface area contributed by atoms with Gasteiger partial charge >= 0.3 is 6.03 Å². The maximum atomic E-state index is 13.3. The molecule has 1 fully saturated rings. The van der Waals surface area contributed by atoms with Crippen molar-refractivity contribution in [2.75, 3.05) is 10.6 Å². The first-order chi connectivity index (χ1) is 13.1. The van der Waals surface area contributed by atoms with Crippen molar-refractivity contribution >= 4 is 39.3 Å². The number of benzene rings is 1. The van der Waals surface area contributed by atoms with Crippen LogP contribution in [-0.4, -0.2) is 33.4 Å². The molecule has 2 aromatic rings. The van der Waals surface area contributed by atoms with Crippen molar-refractivity contribution in [2.45, 2.75) is 38.1 Å². The van der Waals surface area contributed by atoms with Crippen molar-refractivity contribution in [3.63, 3.8) is 0 Å². The predicted molar refractivity (Wildman–Crippen MR) is 99.4 cm³/mol. The van der Waals surface area contributed by atoms with Crippen LogP contribution in [0.15, 0.2) is 32.5 Å². The van der Waals surface area contributed by atoms with Gasteiger partial charge in [0.05, 0.1) is 4.47 Å². The minimum Gasteiger partial charge on any atom is -0.409 e. The van der Waals surface area contributed by atoms with E-state index in [4.69, 9.17) is 0 Å². The van der Waals surface area contributed by atoms with Gasteiger partial charge < -0.3 is 15.8 Å². The summed E-state index contributed by atoms with van der Waals surface area (Å²) in [6.07, 6.45) is 5.21. The first-order valence-electron chi connectivity index (χ1n) is 8.41. The molecule has 0 radical (unpaired) electrons. The summed E-state index contributed by atoms with van der Waals surface area (Å²) < 4.78 is 18.2. The number of nitrogens with one attached hydrogen (secondary N) is 3. The molecule has 27 heavy (non-hydrogen) atoms. The van der Waals surface area contributed by atoms with Crippen LogP contribution in [-0.2, 0) is 0 Å². The van der Waals surface area contributed by atoms with E-state index in [-0.39, 0.29) is 27.9 Å². The summed E-state index contributed by atoms with van der Waals surface area (Å²) in [5.74, 6) is -0.569. The lowest BCUT2D eigenvalue weighted by Crippen LogP contribution is -2.39. The quantitative estimate of drug-likeness (QED) is 0.248. The fraction of sp³-hybridized carbons (Fsp3) is 0.375. The Morgan fingerprint density at radius 1 is 1.26 bits per heavy atom. The summed E-state index contributed by atoms with van der Waals surface area (Å²) in [5, 5.41) is 27.9. The second-order valence-electron chi connectivity index (χ2n) is 6.10. The number of amidine groups is 1. The van der Waals surface area contributed by atoms with E-state index < -0.39 is 11.8 Å². The van der Waals surface area contributed by atoms with Crippen molar-refractivity contribution in [2.24, 2.45) is 5.16 Å². The Balaban J connectivity index is 1.68. The molecule has 1 aliphatic rings. The van der Waals surface area contributed by atoms with Gasteiger partial charge in [-0.1, -0.05) is 24.4 Å². The number of nitrogens with zero attached hydrogens (tertiary/aromatic N) is 3. The van der Waals surface area contributed by atoms with Gasteiger partial charge in [-0.25, -0.2) is 13.8 Å². The monoisotopic (exact) mass is 440 g/mol. The molecule has 0 spiro atoms. The number of anilines is 2. The van der Waals surface area contributed by atoms with Gasteiger partial charge in [-0.05, 0) is 57.3 Å². The largest absolute Gasteiger partial charge is 0.409 e. The van der Waals surface area contributed by atoms with Crippen molar-refractivity contribution in [3.8, 4) is 0 Å². The Morgan fingerprint density at radius 3 is 2.74 bits per heavy atom. The highest BCUT2D eigenvalue weighted by molar-refractivity contribution is 9.10. The van der Waals surface area contributed by atoms with Gasteiger partial charge in [0.25, 0.3) is 0 Å². The van der Waals surface area contributed by atoms with Crippen LogP contribution in [0.1, 0.15) is 37.8 Å². The van der Waals surface area contributed by atoms with Gasteiger partial charge in [0, 0.05) is 11.7 Å². The van der Waals surface area contributed by atoms with Crippen LogP contribution in [0.4, 0.5) is 20.7 Å². The maximum absolute atomic E-state index is 13.3. The Labute approximate surface area is 162 Å². The Bertz CT molecular complexity index is 837. The van der Waals surface area contributed by atoms with Crippen LogP contribution in [0.5, 0.6) is 0 Å². The van der Waals surface area contributed by atoms with Crippen LogP contribution >= 0.6 is 15.9 Å². The third-order valence-corrected chi connectivity index (χ3v) is 4.78. The summed E-state index contributed by atoms with van der Waals surface area (Å²) in [6, 6.07) is 3.81. The zero-order chi connectivity index (χ0) is 19.2. The van der Waals surface area contributed by atoms with E-state index in [0.29, 0.717) is 5.69 Å². The molecular formula is C16H18BrFN6O3. The third-order valence-electron chi connectivity index (χ3n) is 4.17. The number of hydrogen-bond donors (Lipinski definition) is 4. The van der Waals surface area contributed by atoms with Gasteiger partial charge in [0.15, 0.2) is 5.69 Å². The number of rotatable bonds is 4. The number of halogens is 2. The number of amides is 2. The Kier molecular flexibility index (Phi) is 6.22. The number of oxime groups is 1. The fourth-order valence-corrected chi connectivity index (χ4v) is 3.22. The van der Waals surface area contributed by atoms with Crippen LogP contribution in [0, 0.1) is 5.82 Å². The molecule has 9 nitrogen and oxygen atoms in total. The van der Waals surface area contributed by atoms with E-state index in [0.717, 1.165) is 25.7 Å². The van der Waals surface area contributed by atoms with E-state index in [1.165, 1.54) is 24.6 Å². The average molecular weight is 441 g/mol. The first-order valence-corrected chi connectivity index (χ1v) is 9.20. The molecule has 0 unspecified atom stereocenters. The zero-order valence-electron chi connectivity index (χ0n) is 14.2. The molecule has 0 aliphatic heterocycles. The zero-order valence-corrected chi connectivity index (χ0v) is 15.8. The number of carbonyl (C=O) groups is 1. The average Bonchev–Trinajstić information content (AvgIpc) is 3.11. The van der Waals surface area contributed by atoms with E-state index in [1.807, 2.05) is 0 Å². The molecule has 1 heterocycles. The molecule has 144 valence electrons.